The maximum absolute atomic E-state index is 5.69. The van der Waals surface area contributed by atoms with Gasteiger partial charge in [0.25, 0.3) is 0 Å². The van der Waals surface area contributed by atoms with Crippen molar-refractivity contribution < 1.29 is 4.74 Å². The molecule has 0 aliphatic carbocycles. The Kier molecular flexibility index (Phi) is 4.00. The highest BCUT2D eigenvalue weighted by Gasteiger charge is 2.29. The van der Waals surface area contributed by atoms with Crippen LogP contribution in [0.2, 0.25) is 0 Å². The molecule has 0 radical (unpaired) electrons. The van der Waals surface area contributed by atoms with Crippen molar-refractivity contribution in [1.29, 1.82) is 0 Å². The Balaban J connectivity index is 2.27. The number of para-hydroxylation sites is 1. The van der Waals surface area contributed by atoms with Crippen molar-refractivity contribution in [2.24, 2.45) is 5.41 Å². The summed E-state index contributed by atoms with van der Waals surface area (Å²) < 4.78 is 5.69. The summed E-state index contributed by atoms with van der Waals surface area (Å²) in [6, 6.07) is 6.19. The van der Waals surface area contributed by atoms with Crippen molar-refractivity contribution in [2.75, 3.05) is 30.3 Å². The standard InChI is InChI=1S/C15H24N2O/c1-4-15(5-2)10-16-12-8-7-9-13(18-6-3)14(12)17-11-15/h7-9,16-17H,4-6,10-11H2,1-3H3. The molecule has 0 amide bonds. The molecule has 0 aromatic heterocycles. The number of nitrogens with one attached hydrogen (secondary N) is 2. The molecule has 1 aliphatic rings. The first-order chi connectivity index (χ1) is 8.74. The lowest BCUT2D eigenvalue weighted by Crippen LogP contribution is -2.33. The second-order valence-corrected chi connectivity index (χ2v) is 5.03. The lowest BCUT2D eigenvalue weighted by molar-refractivity contribution is 0.306. The quantitative estimate of drug-likeness (QED) is 0.851. The Hall–Kier alpha value is -1.38. The molecule has 0 fully saturated rings. The van der Waals surface area contributed by atoms with E-state index < -0.39 is 0 Å². The van der Waals surface area contributed by atoms with Gasteiger partial charge in [0.15, 0.2) is 0 Å². The maximum Gasteiger partial charge on any atom is 0.144 e. The number of anilines is 2. The van der Waals surface area contributed by atoms with Gasteiger partial charge in [0.05, 0.1) is 12.3 Å². The van der Waals surface area contributed by atoms with Crippen LogP contribution in [0.15, 0.2) is 18.2 Å². The molecular weight excluding hydrogens is 224 g/mol. The molecule has 0 saturated carbocycles. The third-order valence-corrected chi connectivity index (χ3v) is 4.12. The van der Waals surface area contributed by atoms with Crippen LogP contribution >= 0.6 is 0 Å². The van der Waals surface area contributed by atoms with Crippen LogP contribution in [-0.2, 0) is 0 Å². The zero-order chi connectivity index (χ0) is 13.0. The van der Waals surface area contributed by atoms with Crippen LogP contribution in [-0.4, -0.2) is 19.7 Å². The SMILES string of the molecule is CCOc1cccc2c1NCC(CC)(CC)CN2. The molecule has 1 aromatic carbocycles. The summed E-state index contributed by atoms with van der Waals surface area (Å²) in [7, 11) is 0. The summed E-state index contributed by atoms with van der Waals surface area (Å²) in [4.78, 5) is 0. The molecule has 0 spiro atoms. The predicted octanol–water partition coefficient (Wildman–Crippen LogP) is 3.73. The van der Waals surface area contributed by atoms with Crippen LogP contribution in [0.4, 0.5) is 11.4 Å². The summed E-state index contributed by atoms with van der Waals surface area (Å²) in [6.45, 7) is 9.29. The molecule has 100 valence electrons. The molecule has 0 bridgehead atoms. The van der Waals surface area contributed by atoms with Crippen molar-refractivity contribution in [2.45, 2.75) is 33.6 Å². The highest BCUT2D eigenvalue weighted by Crippen LogP contribution is 2.38. The van der Waals surface area contributed by atoms with Crippen LogP contribution in [0.3, 0.4) is 0 Å². The minimum absolute atomic E-state index is 0.336. The largest absolute Gasteiger partial charge is 0.492 e. The van der Waals surface area contributed by atoms with Gasteiger partial charge in [0.2, 0.25) is 0 Å². The first-order valence-electron chi connectivity index (χ1n) is 6.98. The van der Waals surface area contributed by atoms with E-state index >= 15 is 0 Å². The summed E-state index contributed by atoms with van der Waals surface area (Å²) in [5.74, 6) is 0.950. The number of benzene rings is 1. The first kappa shape index (κ1) is 13.1. The minimum Gasteiger partial charge on any atom is -0.492 e. The molecule has 3 heteroatoms. The van der Waals surface area contributed by atoms with Crippen LogP contribution in [0.5, 0.6) is 5.75 Å². The topological polar surface area (TPSA) is 33.3 Å². The van der Waals surface area contributed by atoms with Gasteiger partial charge < -0.3 is 15.4 Å². The molecule has 1 aliphatic heterocycles. The Labute approximate surface area is 110 Å². The van der Waals surface area contributed by atoms with Gasteiger partial charge in [-0.3, -0.25) is 0 Å². The van der Waals surface area contributed by atoms with Gasteiger partial charge in [-0.15, -0.1) is 0 Å². The van der Waals surface area contributed by atoms with Crippen LogP contribution in [0.25, 0.3) is 0 Å². The minimum atomic E-state index is 0.336. The van der Waals surface area contributed by atoms with E-state index in [-0.39, 0.29) is 0 Å². The van der Waals surface area contributed by atoms with Crippen molar-refractivity contribution in [3.05, 3.63) is 18.2 Å². The lowest BCUT2D eigenvalue weighted by Gasteiger charge is -2.30. The zero-order valence-corrected chi connectivity index (χ0v) is 11.7. The molecule has 2 rings (SSSR count). The van der Waals surface area contributed by atoms with E-state index in [0.29, 0.717) is 12.0 Å². The number of rotatable bonds is 4. The van der Waals surface area contributed by atoms with Gasteiger partial charge in [-0.1, -0.05) is 19.9 Å². The van der Waals surface area contributed by atoms with E-state index in [2.05, 4.69) is 30.5 Å². The summed E-state index contributed by atoms with van der Waals surface area (Å²) >= 11 is 0. The Morgan fingerprint density at radius 2 is 1.83 bits per heavy atom. The molecule has 1 aromatic rings. The number of ether oxygens (including phenoxy) is 1. The van der Waals surface area contributed by atoms with Crippen molar-refractivity contribution in [3.63, 3.8) is 0 Å². The van der Waals surface area contributed by atoms with Crippen LogP contribution < -0.4 is 15.4 Å². The number of hydrogen-bond acceptors (Lipinski definition) is 3. The fourth-order valence-electron chi connectivity index (χ4n) is 2.51. The molecule has 0 unspecified atom stereocenters. The van der Waals surface area contributed by atoms with Crippen molar-refractivity contribution in [3.8, 4) is 5.75 Å². The Morgan fingerprint density at radius 3 is 2.50 bits per heavy atom. The van der Waals surface area contributed by atoms with Gasteiger partial charge >= 0.3 is 0 Å². The molecule has 18 heavy (non-hydrogen) atoms. The second kappa shape index (κ2) is 5.51. The van der Waals surface area contributed by atoms with Crippen molar-refractivity contribution in [1.82, 2.24) is 0 Å². The number of fused-ring (bicyclic) bond motifs is 1. The van der Waals surface area contributed by atoms with Gasteiger partial charge in [-0.05, 0) is 31.9 Å². The Bertz CT molecular complexity index is 399. The van der Waals surface area contributed by atoms with Gasteiger partial charge in [-0.25, -0.2) is 0 Å². The third kappa shape index (κ3) is 2.40. The zero-order valence-electron chi connectivity index (χ0n) is 11.7. The summed E-state index contributed by atoms with van der Waals surface area (Å²) in [5.41, 5.74) is 2.61. The first-order valence-corrected chi connectivity index (χ1v) is 6.98. The smallest absolute Gasteiger partial charge is 0.144 e. The molecule has 0 saturated heterocycles. The average Bonchev–Trinajstić information content (AvgIpc) is 2.60. The second-order valence-electron chi connectivity index (χ2n) is 5.03. The van der Waals surface area contributed by atoms with Crippen LogP contribution in [0.1, 0.15) is 33.6 Å². The van der Waals surface area contributed by atoms with Gasteiger partial charge in [0.1, 0.15) is 11.4 Å². The average molecular weight is 248 g/mol. The summed E-state index contributed by atoms with van der Waals surface area (Å²) in [5, 5.41) is 7.16. The highest BCUT2D eigenvalue weighted by molar-refractivity contribution is 5.76. The Morgan fingerprint density at radius 1 is 1.11 bits per heavy atom. The van der Waals surface area contributed by atoms with Gasteiger partial charge in [-0.2, -0.15) is 0 Å². The van der Waals surface area contributed by atoms with E-state index in [4.69, 9.17) is 4.74 Å². The summed E-state index contributed by atoms with van der Waals surface area (Å²) in [6.07, 6.45) is 2.36. The number of hydrogen-bond donors (Lipinski definition) is 2. The molecule has 2 N–H and O–H groups in total. The van der Waals surface area contributed by atoms with E-state index in [1.54, 1.807) is 0 Å². The van der Waals surface area contributed by atoms with E-state index in [1.807, 2.05) is 19.1 Å². The van der Waals surface area contributed by atoms with Gasteiger partial charge in [0, 0.05) is 18.5 Å². The molecular formula is C15H24N2O. The van der Waals surface area contributed by atoms with E-state index in [1.165, 1.54) is 12.8 Å². The highest BCUT2D eigenvalue weighted by atomic mass is 16.5. The molecule has 0 atom stereocenters. The van der Waals surface area contributed by atoms with Crippen LogP contribution in [0, 0.1) is 5.41 Å². The molecule has 1 heterocycles. The normalized spacial score (nSPS) is 17.1. The lowest BCUT2D eigenvalue weighted by atomic mass is 9.82. The van der Waals surface area contributed by atoms with Crippen molar-refractivity contribution >= 4 is 11.4 Å². The van der Waals surface area contributed by atoms with E-state index in [0.717, 1.165) is 30.2 Å². The molecule has 3 nitrogen and oxygen atoms in total. The predicted molar refractivity (Wildman–Crippen MR) is 77.6 cm³/mol. The fourth-order valence-corrected chi connectivity index (χ4v) is 2.51. The van der Waals surface area contributed by atoms with E-state index in [9.17, 15) is 0 Å². The fraction of sp³-hybridized carbons (Fsp3) is 0.600. The third-order valence-electron chi connectivity index (χ3n) is 4.12. The monoisotopic (exact) mass is 248 g/mol. The maximum atomic E-state index is 5.69.